The Morgan fingerprint density at radius 1 is 0.625 bits per heavy atom. The van der Waals surface area contributed by atoms with Crippen molar-refractivity contribution in [2.24, 2.45) is 5.92 Å². The van der Waals surface area contributed by atoms with Gasteiger partial charge in [0.15, 0.2) is 23.2 Å². The number of methoxy groups -OCH3 is 1. The monoisotopic (exact) mass is 448 g/mol. The Kier molecular flexibility index (Phi) is 7.11. The Balaban J connectivity index is 1.45. The fourth-order valence-electron chi connectivity index (χ4n) is 5.83. The van der Waals surface area contributed by atoms with E-state index in [9.17, 15) is 8.78 Å². The topological polar surface area (TPSA) is 9.23 Å². The minimum Gasteiger partial charge on any atom is -0.494 e. The van der Waals surface area contributed by atoms with E-state index < -0.39 is 23.3 Å². The number of rotatable bonds is 5. The molecule has 32 heavy (non-hydrogen) atoms. The van der Waals surface area contributed by atoms with Crippen LogP contribution in [0.1, 0.15) is 99.2 Å². The number of benzene rings is 2. The number of hydrogen-bond acceptors (Lipinski definition) is 1. The first-order valence-electron chi connectivity index (χ1n) is 11.9. The summed E-state index contributed by atoms with van der Waals surface area (Å²) in [5, 5.41) is 0. The van der Waals surface area contributed by atoms with E-state index in [2.05, 4.69) is 6.92 Å². The van der Waals surface area contributed by atoms with Gasteiger partial charge in [-0.1, -0.05) is 31.5 Å². The Hall–Kier alpha value is -2.04. The van der Waals surface area contributed by atoms with Crippen LogP contribution in [0.5, 0.6) is 5.75 Å². The maximum absolute atomic E-state index is 15.1. The van der Waals surface area contributed by atoms with Gasteiger partial charge in [-0.3, -0.25) is 0 Å². The highest BCUT2D eigenvalue weighted by atomic mass is 19.2. The van der Waals surface area contributed by atoms with Gasteiger partial charge in [0.1, 0.15) is 0 Å². The molecule has 0 heterocycles. The summed E-state index contributed by atoms with van der Waals surface area (Å²) in [5.74, 6) is -2.78. The normalized spacial score (nSPS) is 26.2. The summed E-state index contributed by atoms with van der Waals surface area (Å²) >= 11 is 0. The fourth-order valence-corrected chi connectivity index (χ4v) is 5.83. The molecule has 2 aromatic rings. The summed E-state index contributed by atoms with van der Waals surface area (Å²) in [6.45, 7) is 2.19. The molecule has 0 saturated heterocycles. The molecule has 2 fully saturated rings. The summed E-state index contributed by atoms with van der Waals surface area (Å²) in [6, 6.07) is 6.57. The number of ether oxygens (including phenoxy) is 1. The van der Waals surface area contributed by atoms with Crippen LogP contribution in [0.2, 0.25) is 0 Å². The lowest BCUT2D eigenvalue weighted by molar-refractivity contribution is 0.311. The summed E-state index contributed by atoms with van der Waals surface area (Å²) < 4.78 is 63.5. The highest BCUT2D eigenvalue weighted by Gasteiger charge is 2.31. The van der Waals surface area contributed by atoms with E-state index in [1.807, 2.05) is 0 Å². The third-order valence-corrected chi connectivity index (χ3v) is 7.91. The molecule has 2 aliphatic rings. The standard InChI is InChI=1S/C27H32F4O/c1-3-16-4-6-17(7-5-16)20-12-13-21(25(29)24(20)28)18-8-10-19(11-9-18)22-14-15-23(32-2)27(31)26(22)30/h12-19H,3-11H2,1-2H3. The van der Waals surface area contributed by atoms with Crippen molar-refractivity contribution in [3.8, 4) is 5.75 Å². The predicted molar refractivity (Wildman–Crippen MR) is 118 cm³/mol. The predicted octanol–water partition coefficient (Wildman–Crippen LogP) is 8.38. The fraction of sp³-hybridized carbons (Fsp3) is 0.556. The summed E-state index contributed by atoms with van der Waals surface area (Å²) in [5.41, 5.74) is 1.28. The third kappa shape index (κ3) is 4.40. The van der Waals surface area contributed by atoms with Crippen LogP contribution in [-0.2, 0) is 0 Å². The molecule has 0 aliphatic heterocycles. The first kappa shape index (κ1) is 23.1. The molecule has 0 radical (unpaired) electrons. The summed E-state index contributed by atoms with van der Waals surface area (Å²) in [4.78, 5) is 0. The van der Waals surface area contributed by atoms with E-state index in [1.54, 1.807) is 18.2 Å². The average Bonchev–Trinajstić information content (AvgIpc) is 2.83. The lowest BCUT2D eigenvalue weighted by Crippen LogP contribution is -2.17. The molecule has 2 aromatic carbocycles. The van der Waals surface area contributed by atoms with E-state index in [1.165, 1.54) is 13.2 Å². The van der Waals surface area contributed by atoms with Gasteiger partial charge in [0.05, 0.1) is 7.11 Å². The van der Waals surface area contributed by atoms with Gasteiger partial charge < -0.3 is 4.74 Å². The molecule has 0 spiro atoms. The number of halogens is 4. The molecular weight excluding hydrogens is 416 g/mol. The van der Waals surface area contributed by atoms with Crippen LogP contribution in [0.4, 0.5) is 17.6 Å². The van der Waals surface area contributed by atoms with Crippen molar-refractivity contribution in [3.05, 3.63) is 64.2 Å². The van der Waals surface area contributed by atoms with E-state index in [-0.39, 0.29) is 23.5 Å². The minimum absolute atomic E-state index is 0.100. The molecule has 1 nitrogen and oxygen atoms in total. The lowest BCUT2D eigenvalue weighted by Gasteiger charge is -2.31. The maximum Gasteiger partial charge on any atom is 0.200 e. The second-order valence-electron chi connectivity index (χ2n) is 9.53. The highest BCUT2D eigenvalue weighted by molar-refractivity contribution is 5.35. The van der Waals surface area contributed by atoms with Gasteiger partial charge in [-0.25, -0.2) is 13.2 Å². The summed E-state index contributed by atoms with van der Waals surface area (Å²) in [6.07, 6.45) is 7.61. The lowest BCUT2D eigenvalue weighted by atomic mass is 9.74. The van der Waals surface area contributed by atoms with Crippen molar-refractivity contribution in [3.63, 3.8) is 0 Å². The van der Waals surface area contributed by atoms with E-state index >= 15 is 8.78 Å². The highest BCUT2D eigenvalue weighted by Crippen LogP contribution is 2.44. The first-order valence-corrected chi connectivity index (χ1v) is 11.9. The minimum atomic E-state index is -0.969. The van der Waals surface area contributed by atoms with E-state index in [0.29, 0.717) is 48.3 Å². The van der Waals surface area contributed by atoms with Gasteiger partial charge in [-0.05, 0) is 97.8 Å². The molecule has 4 rings (SSSR count). The molecule has 0 unspecified atom stereocenters. The van der Waals surface area contributed by atoms with Crippen molar-refractivity contribution in [2.45, 2.75) is 82.5 Å². The van der Waals surface area contributed by atoms with Crippen LogP contribution in [0.25, 0.3) is 0 Å². The molecule has 0 atom stereocenters. The average molecular weight is 449 g/mol. The maximum atomic E-state index is 15.1. The Labute approximate surface area is 188 Å². The van der Waals surface area contributed by atoms with Crippen LogP contribution in [0, 0.1) is 29.2 Å². The smallest absolute Gasteiger partial charge is 0.200 e. The van der Waals surface area contributed by atoms with Crippen molar-refractivity contribution in [1.29, 1.82) is 0 Å². The van der Waals surface area contributed by atoms with Crippen LogP contribution < -0.4 is 4.74 Å². The second-order valence-corrected chi connectivity index (χ2v) is 9.53. The zero-order valence-electron chi connectivity index (χ0n) is 18.9. The second kappa shape index (κ2) is 9.84. The zero-order valence-corrected chi connectivity index (χ0v) is 18.9. The van der Waals surface area contributed by atoms with Gasteiger partial charge >= 0.3 is 0 Å². The molecule has 2 aliphatic carbocycles. The molecular formula is C27H32F4O. The van der Waals surface area contributed by atoms with Crippen molar-refractivity contribution in [1.82, 2.24) is 0 Å². The van der Waals surface area contributed by atoms with Gasteiger partial charge in [0.25, 0.3) is 0 Å². The van der Waals surface area contributed by atoms with Gasteiger partial charge in [0, 0.05) is 0 Å². The third-order valence-electron chi connectivity index (χ3n) is 7.91. The van der Waals surface area contributed by atoms with Crippen LogP contribution in [0.15, 0.2) is 24.3 Å². The Morgan fingerprint density at radius 3 is 1.41 bits per heavy atom. The number of hydrogen-bond donors (Lipinski definition) is 0. The SMILES string of the molecule is CCC1CCC(c2ccc(C3CCC(c4ccc(OC)c(F)c4F)CC3)c(F)c2F)CC1. The van der Waals surface area contributed by atoms with Crippen LogP contribution in [-0.4, -0.2) is 7.11 Å². The molecule has 2 saturated carbocycles. The molecule has 5 heteroatoms. The van der Waals surface area contributed by atoms with Crippen LogP contribution in [0.3, 0.4) is 0 Å². The first-order chi connectivity index (χ1) is 15.4. The van der Waals surface area contributed by atoms with Crippen molar-refractivity contribution in [2.75, 3.05) is 7.11 Å². The van der Waals surface area contributed by atoms with Gasteiger partial charge in [0.2, 0.25) is 5.82 Å². The van der Waals surface area contributed by atoms with Gasteiger partial charge in [-0.15, -0.1) is 0 Å². The summed E-state index contributed by atoms with van der Waals surface area (Å²) in [7, 11) is 1.30. The Bertz CT molecular complexity index is 941. The molecule has 0 bridgehead atoms. The zero-order chi connectivity index (χ0) is 22.8. The van der Waals surface area contributed by atoms with E-state index in [4.69, 9.17) is 4.74 Å². The molecule has 0 amide bonds. The molecule has 0 aromatic heterocycles. The Morgan fingerprint density at radius 2 is 1.00 bits per heavy atom. The van der Waals surface area contributed by atoms with Crippen molar-refractivity contribution < 1.29 is 22.3 Å². The quantitative estimate of drug-likeness (QED) is 0.418. The van der Waals surface area contributed by atoms with Crippen LogP contribution >= 0.6 is 0 Å². The largest absolute Gasteiger partial charge is 0.494 e. The van der Waals surface area contributed by atoms with Gasteiger partial charge in [-0.2, -0.15) is 4.39 Å². The molecule has 174 valence electrons. The van der Waals surface area contributed by atoms with E-state index in [0.717, 1.165) is 32.1 Å². The molecule has 0 N–H and O–H groups in total. The van der Waals surface area contributed by atoms with Crippen molar-refractivity contribution >= 4 is 0 Å².